The number of imidazole rings is 1. The molecule has 1 N–H and O–H groups in total. The summed E-state index contributed by atoms with van der Waals surface area (Å²) in [6.45, 7) is 3.87. The molecule has 0 radical (unpaired) electrons. The molecule has 2 aromatic rings. The number of nitrogens with one attached hydrogen (secondary N) is 1. The molecule has 26 heavy (non-hydrogen) atoms. The van der Waals surface area contributed by atoms with Crippen molar-refractivity contribution in [2.24, 2.45) is 0 Å². The number of carbonyl (C=O) groups excluding carboxylic acids is 2. The minimum absolute atomic E-state index is 0.0174. The standard InChI is InChI=1S/C19H22N2O4S/c1-3-24-17(22)15-16(18(23)25-4-2)21(19(26)20-15)14-10-9-12-7-5-6-8-13(12)11-14/h5-8,14H,3-4,9-11H2,1-2H3,(H,20,26). The van der Waals surface area contributed by atoms with Gasteiger partial charge in [-0.3, -0.25) is 0 Å². The summed E-state index contributed by atoms with van der Waals surface area (Å²) in [6, 6.07) is 8.24. The number of nitrogens with zero attached hydrogens (tertiary/aromatic N) is 1. The third-order valence-electron chi connectivity index (χ3n) is 4.56. The number of hydrogen-bond acceptors (Lipinski definition) is 5. The molecule has 3 rings (SSSR count). The maximum atomic E-state index is 12.6. The molecule has 1 aromatic carbocycles. The first kappa shape index (κ1) is 18.4. The average molecular weight is 374 g/mol. The number of H-pyrrole nitrogens is 1. The lowest BCUT2D eigenvalue weighted by atomic mass is 9.88. The highest BCUT2D eigenvalue weighted by Gasteiger charge is 2.31. The van der Waals surface area contributed by atoms with Crippen molar-refractivity contribution < 1.29 is 19.1 Å². The molecule has 1 aromatic heterocycles. The van der Waals surface area contributed by atoms with Crippen molar-refractivity contribution in [3.63, 3.8) is 0 Å². The maximum absolute atomic E-state index is 12.6. The molecule has 0 aliphatic heterocycles. The van der Waals surface area contributed by atoms with Crippen LogP contribution in [0.15, 0.2) is 24.3 Å². The van der Waals surface area contributed by atoms with Gasteiger partial charge in [-0.25, -0.2) is 9.59 Å². The molecule has 6 nitrogen and oxygen atoms in total. The Balaban J connectivity index is 2.05. The average Bonchev–Trinajstić information content (AvgIpc) is 2.99. The zero-order valence-electron chi connectivity index (χ0n) is 14.9. The second-order valence-electron chi connectivity index (χ2n) is 6.13. The molecular weight excluding hydrogens is 352 g/mol. The number of benzene rings is 1. The van der Waals surface area contributed by atoms with E-state index in [2.05, 4.69) is 17.1 Å². The molecule has 1 atom stereocenters. The number of aryl methyl sites for hydroxylation is 1. The molecule has 0 bridgehead atoms. The first-order chi connectivity index (χ1) is 12.6. The molecule has 0 amide bonds. The van der Waals surface area contributed by atoms with Crippen LogP contribution < -0.4 is 0 Å². The number of aromatic amines is 1. The molecule has 1 heterocycles. The van der Waals surface area contributed by atoms with Crippen LogP contribution in [0.5, 0.6) is 0 Å². The van der Waals surface area contributed by atoms with Gasteiger partial charge < -0.3 is 19.0 Å². The van der Waals surface area contributed by atoms with E-state index in [-0.39, 0.29) is 30.6 Å². The van der Waals surface area contributed by atoms with Gasteiger partial charge in [0.15, 0.2) is 16.2 Å². The van der Waals surface area contributed by atoms with E-state index in [4.69, 9.17) is 21.7 Å². The second kappa shape index (κ2) is 7.86. The molecule has 1 unspecified atom stereocenters. The van der Waals surface area contributed by atoms with Crippen LogP contribution in [0.2, 0.25) is 0 Å². The Kier molecular flexibility index (Phi) is 5.56. The van der Waals surface area contributed by atoms with Crippen molar-refractivity contribution in [3.05, 3.63) is 51.6 Å². The fourth-order valence-corrected chi connectivity index (χ4v) is 3.79. The minimum atomic E-state index is -0.600. The lowest BCUT2D eigenvalue weighted by molar-refractivity contribution is 0.0465. The number of ether oxygens (including phenoxy) is 2. The minimum Gasteiger partial charge on any atom is -0.461 e. The van der Waals surface area contributed by atoms with Crippen molar-refractivity contribution >= 4 is 24.2 Å². The van der Waals surface area contributed by atoms with Crippen LogP contribution in [0.3, 0.4) is 0 Å². The molecule has 0 spiro atoms. The van der Waals surface area contributed by atoms with Crippen LogP contribution in [0.4, 0.5) is 0 Å². The Labute approximate surface area is 157 Å². The molecule has 0 saturated heterocycles. The van der Waals surface area contributed by atoms with Crippen molar-refractivity contribution in [2.45, 2.75) is 39.2 Å². The van der Waals surface area contributed by atoms with Gasteiger partial charge in [0.05, 0.1) is 13.2 Å². The topological polar surface area (TPSA) is 73.3 Å². The van der Waals surface area contributed by atoms with Gasteiger partial charge in [0.1, 0.15) is 0 Å². The Morgan fingerprint density at radius 3 is 2.50 bits per heavy atom. The van der Waals surface area contributed by atoms with Gasteiger partial charge >= 0.3 is 11.9 Å². The van der Waals surface area contributed by atoms with Gasteiger partial charge in [-0.2, -0.15) is 0 Å². The summed E-state index contributed by atoms with van der Waals surface area (Å²) in [5.74, 6) is -1.17. The van der Waals surface area contributed by atoms with E-state index in [0.717, 1.165) is 19.3 Å². The Bertz CT molecular complexity index is 884. The fourth-order valence-electron chi connectivity index (χ4n) is 3.45. The summed E-state index contributed by atoms with van der Waals surface area (Å²) >= 11 is 5.44. The number of fused-ring (bicyclic) bond motifs is 1. The van der Waals surface area contributed by atoms with E-state index in [1.807, 2.05) is 12.1 Å². The smallest absolute Gasteiger partial charge is 0.357 e. The van der Waals surface area contributed by atoms with Gasteiger partial charge in [0, 0.05) is 6.04 Å². The van der Waals surface area contributed by atoms with Crippen molar-refractivity contribution in [3.8, 4) is 0 Å². The van der Waals surface area contributed by atoms with Gasteiger partial charge in [0.2, 0.25) is 0 Å². The summed E-state index contributed by atoms with van der Waals surface area (Å²) in [7, 11) is 0. The van der Waals surface area contributed by atoms with Gasteiger partial charge in [-0.15, -0.1) is 0 Å². The maximum Gasteiger partial charge on any atom is 0.357 e. The largest absolute Gasteiger partial charge is 0.461 e. The van der Waals surface area contributed by atoms with E-state index in [0.29, 0.717) is 4.77 Å². The molecule has 138 valence electrons. The first-order valence-electron chi connectivity index (χ1n) is 8.82. The monoisotopic (exact) mass is 374 g/mol. The summed E-state index contributed by atoms with van der Waals surface area (Å²) in [5, 5.41) is 0. The number of hydrogen-bond donors (Lipinski definition) is 1. The normalized spacial score (nSPS) is 16.0. The molecule has 7 heteroatoms. The highest BCUT2D eigenvalue weighted by atomic mass is 32.1. The van der Waals surface area contributed by atoms with Crippen LogP contribution in [0.25, 0.3) is 0 Å². The van der Waals surface area contributed by atoms with E-state index in [9.17, 15) is 9.59 Å². The molecule has 1 aliphatic carbocycles. The highest BCUT2D eigenvalue weighted by molar-refractivity contribution is 7.71. The zero-order valence-corrected chi connectivity index (χ0v) is 15.7. The lowest BCUT2D eigenvalue weighted by Crippen LogP contribution is -2.24. The number of rotatable bonds is 5. The van der Waals surface area contributed by atoms with Crippen LogP contribution in [-0.4, -0.2) is 34.7 Å². The Morgan fingerprint density at radius 1 is 1.15 bits per heavy atom. The fraction of sp³-hybridized carbons (Fsp3) is 0.421. The van der Waals surface area contributed by atoms with Gasteiger partial charge in [-0.1, -0.05) is 24.3 Å². The van der Waals surface area contributed by atoms with Crippen LogP contribution in [-0.2, 0) is 22.3 Å². The van der Waals surface area contributed by atoms with Gasteiger partial charge in [0.25, 0.3) is 0 Å². The van der Waals surface area contributed by atoms with E-state index >= 15 is 0 Å². The Hall–Kier alpha value is -2.41. The van der Waals surface area contributed by atoms with Crippen LogP contribution in [0.1, 0.15) is 58.4 Å². The molecule has 0 fully saturated rings. The number of carbonyl (C=O) groups is 2. The number of esters is 2. The van der Waals surface area contributed by atoms with E-state index < -0.39 is 11.9 Å². The second-order valence-corrected chi connectivity index (χ2v) is 6.52. The van der Waals surface area contributed by atoms with E-state index in [1.165, 1.54) is 11.1 Å². The molecule has 1 aliphatic rings. The lowest BCUT2D eigenvalue weighted by Gasteiger charge is -2.26. The molecule has 0 saturated carbocycles. The third-order valence-corrected chi connectivity index (χ3v) is 4.86. The summed E-state index contributed by atoms with van der Waals surface area (Å²) < 4.78 is 12.3. The SMILES string of the molecule is CCOC(=O)c1[nH]c(=S)n(C2CCc3ccccc3C2)c1C(=O)OCC. The predicted molar refractivity (Wildman–Crippen MR) is 99.0 cm³/mol. The Morgan fingerprint density at radius 2 is 1.81 bits per heavy atom. The van der Waals surface area contributed by atoms with Crippen molar-refractivity contribution in [1.29, 1.82) is 0 Å². The van der Waals surface area contributed by atoms with Crippen LogP contribution >= 0.6 is 12.2 Å². The van der Waals surface area contributed by atoms with Crippen molar-refractivity contribution in [1.82, 2.24) is 9.55 Å². The quantitative estimate of drug-likeness (QED) is 0.639. The summed E-state index contributed by atoms with van der Waals surface area (Å²) in [5.41, 5.74) is 2.77. The van der Waals surface area contributed by atoms with Crippen LogP contribution in [0, 0.1) is 4.77 Å². The van der Waals surface area contributed by atoms with Crippen molar-refractivity contribution in [2.75, 3.05) is 13.2 Å². The highest BCUT2D eigenvalue weighted by Crippen LogP contribution is 2.31. The third kappa shape index (κ3) is 3.44. The summed E-state index contributed by atoms with van der Waals surface area (Å²) in [4.78, 5) is 27.7. The number of aromatic nitrogens is 2. The van der Waals surface area contributed by atoms with Gasteiger partial charge in [-0.05, 0) is 56.5 Å². The molecular formula is C19H22N2O4S. The zero-order chi connectivity index (χ0) is 18.7. The predicted octanol–water partition coefficient (Wildman–Crippen LogP) is 3.63. The summed E-state index contributed by atoms with van der Waals surface area (Å²) in [6.07, 6.45) is 2.47. The first-order valence-corrected chi connectivity index (χ1v) is 9.23. The van der Waals surface area contributed by atoms with E-state index in [1.54, 1.807) is 18.4 Å².